The fraction of sp³-hybridized carbons (Fsp3) is 0.419. The zero-order chi connectivity index (χ0) is 43.1. The van der Waals surface area contributed by atoms with Gasteiger partial charge in [0.2, 0.25) is 0 Å². The van der Waals surface area contributed by atoms with Gasteiger partial charge in [0, 0.05) is 65.7 Å². The molecule has 324 valence electrons. The molecule has 10 nitrogen and oxygen atoms in total. The maximum Gasteiger partial charge on any atom is 0.501 e. The minimum absolute atomic E-state index is 0.00701. The largest absolute Gasteiger partial charge is 0.501 e. The number of sulfone groups is 1. The predicted octanol–water partition coefficient (Wildman–Crippen LogP) is 8.37. The van der Waals surface area contributed by atoms with E-state index in [1.54, 1.807) is 12.1 Å². The Bertz CT molecular complexity index is 2280. The molecule has 4 aromatic carbocycles. The summed E-state index contributed by atoms with van der Waals surface area (Å²) < 4.78 is 96.7. The standard InChI is InChI=1S/C43H51ClF3N5O5S3/c1-50(2)23-22-35(30-58-37-9-4-3-5-10-37)48-40-21-20-38(28-41(40)59(54,55)43(45,46)47)60(56,57)49-42(53)32-14-18-36(19-15-32)52-26-24-51(25-27-52)29-33-8-6-7-11-39(33)31-12-16-34(44)17-13-31/h3-5,9-10,12-21,28,33,35,39,48H,6-8,11,22-27,29-30H2,1-2H3,(H,49,53)/t33?,35-,39+/m1/s1. The number of amides is 1. The van der Waals surface area contributed by atoms with Crippen LogP contribution in [-0.4, -0.2) is 103 Å². The van der Waals surface area contributed by atoms with Gasteiger partial charge in [-0.3, -0.25) is 9.69 Å². The highest BCUT2D eigenvalue weighted by molar-refractivity contribution is 7.99. The number of hydrogen-bond donors (Lipinski definition) is 2. The number of halogens is 4. The van der Waals surface area contributed by atoms with Gasteiger partial charge < -0.3 is 15.1 Å². The molecule has 1 saturated carbocycles. The van der Waals surface area contributed by atoms with Crippen LogP contribution in [0.3, 0.4) is 0 Å². The third-order valence-corrected chi connectivity index (χ3v) is 15.4. The van der Waals surface area contributed by atoms with Crippen molar-refractivity contribution in [2.45, 2.75) is 64.3 Å². The first-order chi connectivity index (χ1) is 28.5. The van der Waals surface area contributed by atoms with Crippen LogP contribution < -0.4 is 14.9 Å². The fourth-order valence-corrected chi connectivity index (χ4v) is 11.0. The van der Waals surface area contributed by atoms with Crippen molar-refractivity contribution in [2.24, 2.45) is 5.92 Å². The smallest absolute Gasteiger partial charge is 0.380 e. The molecule has 0 spiro atoms. The van der Waals surface area contributed by atoms with Crippen molar-refractivity contribution in [1.82, 2.24) is 14.5 Å². The first-order valence-electron chi connectivity index (χ1n) is 19.9. The van der Waals surface area contributed by atoms with E-state index in [9.17, 15) is 34.8 Å². The highest BCUT2D eigenvalue weighted by atomic mass is 35.5. The number of nitrogens with one attached hydrogen (secondary N) is 2. The number of benzene rings is 4. The summed E-state index contributed by atoms with van der Waals surface area (Å²) in [6, 6.07) is 25.9. The Morgan fingerprint density at radius 1 is 0.883 bits per heavy atom. The second-order valence-corrected chi connectivity index (χ2v) is 20.8. The van der Waals surface area contributed by atoms with Gasteiger partial charge in [0.15, 0.2) is 0 Å². The van der Waals surface area contributed by atoms with Crippen LogP contribution in [0.25, 0.3) is 0 Å². The summed E-state index contributed by atoms with van der Waals surface area (Å²) >= 11 is 7.59. The fourth-order valence-electron chi connectivity index (χ4n) is 7.84. The number of piperazine rings is 1. The summed E-state index contributed by atoms with van der Waals surface area (Å²) in [5, 5.41) is 3.68. The van der Waals surface area contributed by atoms with Gasteiger partial charge in [-0.25, -0.2) is 21.6 Å². The molecule has 0 aromatic heterocycles. The summed E-state index contributed by atoms with van der Waals surface area (Å²) in [5.74, 6) is 0.434. The van der Waals surface area contributed by atoms with E-state index in [1.165, 1.54) is 55.1 Å². The molecule has 6 rings (SSSR count). The number of carbonyl (C=O) groups is 1. The van der Waals surface area contributed by atoms with Crippen LogP contribution >= 0.6 is 23.4 Å². The molecule has 1 aliphatic heterocycles. The Balaban J connectivity index is 1.11. The highest BCUT2D eigenvalue weighted by Crippen LogP contribution is 2.39. The number of thioether (sulfide) groups is 1. The molecule has 60 heavy (non-hydrogen) atoms. The number of alkyl halides is 3. The van der Waals surface area contributed by atoms with Crippen molar-refractivity contribution in [3.8, 4) is 0 Å². The number of rotatable bonds is 16. The third kappa shape index (κ3) is 11.8. The topological polar surface area (TPSA) is 119 Å². The zero-order valence-corrected chi connectivity index (χ0v) is 36.8. The van der Waals surface area contributed by atoms with Crippen molar-refractivity contribution >= 4 is 60.5 Å². The van der Waals surface area contributed by atoms with Crippen molar-refractivity contribution < 1.29 is 34.8 Å². The minimum atomic E-state index is -6.03. The van der Waals surface area contributed by atoms with Gasteiger partial charge in [-0.05, 0) is 124 Å². The second-order valence-electron chi connectivity index (χ2n) is 15.6. The maximum absolute atomic E-state index is 14.0. The molecule has 1 amide bonds. The van der Waals surface area contributed by atoms with Gasteiger partial charge in [0.25, 0.3) is 25.8 Å². The normalized spacial score (nSPS) is 18.6. The second kappa shape index (κ2) is 19.9. The first kappa shape index (κ1) is 45.7. The van der Waals surface area contributed by atoms with E-state index in [2.05, 4.69) is 27.2 Å². The molecular formula is C43H51ClF3N5O5S3. The van der Waals surface area contributed by atoms with Crippen LogP contribution in [0.4, 0.5) is 24.5 Å². The SMILES string of the molecule is CN(C)CC[C@H](CSc1ccccc1)Nc1ccc(S(=O)(=O)NC(=O)c2ccc(N3CCN(CC4CCCC[C@H]4c4ccc(Cl)cc4)CC3)cc2)cc1S(=O)(=O)C(F)(F)F. The Kier molecular flexibility index (Phi) is 15.2. The molecule has 4 aromatic rings. The summed E-state index contributed by atoms with van der Waals surface area (Å²) in [6.45, 7) is 4.84. The lowest BCUT2D eigenvalue weighted by Gasteiger charge is -2.40. The monoisotopic (exact) mass is 905 g/mol. The van der Waals surface area contributed by atoms with Gasteiger partial charge in [-0.2, -0.15) is 13.2 Å². The molecule has 1 unspecified atom stereocenters. The molecular weight excluding hydrogens is 855 g/mol. The number of hydrogen-bond acceptors (Lipinski definition) is 10. The first-order valence-corrected chi connectivity index (χ1v) is 24.3. The van der Waals surface area contributed by atoms with Gasteiger partial charge >= 0.3 is 5.51 Å². The van der Waals surface area contributed by atoms with Crippen LogP contribution in [0.2, 0.25) is 5.02 Å². The number of carbonyl (C=O) groups excluding carboxylic acids is 1. The average molecular weight is 907 g/mol. The average Bonchev–Trinajstić information content (AvgIpc) is 3.22. The Hall–Kier alpha value is -3.80. The van der Waals surface area contributed by atoms with Crippen molar-refractivity contribution in [1.29, 1.82) is 0 Å². The zero-order valence-electron chi connectivity index (χ0n) is 33.6. The maximum atomic E-state index is 14.0. The van der Waals surface area contributed by atoms with E-state index >= 15 is 0 Å². The lowest BCUT2D eigenvalue weighted by Crippen LogP contribution is -2.48. The van der Waals surface area contributed by atoms with E-state index < -0.39 is 52.8 Å². The quantitative estimate of drug-likeness (QED) is 0.106. The summed E-state index contributed by atoms with van der Waals surface area (Å²) in [5.41, 5.74) is -3.91. The highest BCUT2D eigenvalue weighted by Gasteiger charge is 2.48. The molecule has 17 heteroatoms. The number of nitrogens with zero attached hydrogens (tertiary/aromatic N) is 3. The van der Waals surface area contributed by atoms with Gasteiger partial charge in [-0.15, -0.1) is 11.8 Å². The molecule has 0 bridgehead atoms. The van der Waals surface area contributed by atoms with Crippen molar-refractivity contribution in [3.05, 3.63) is 113 Å². The summed E-state index contributed by atoms with van der Waals surface area (Å²) in [4.78, 5) is 18.7. The predicted molar refractivity (Wildman–Crippen MR) is 233 cm³/mol. The van der Waals surface area contributed by atoms with Gasteiger partial charge in [0.05, 0.1) is 10.6 Å². The molecule has 2 N–H and O–H groups in total. The Morgan fingerprint density at radius 3 is 2.20 bits per heavy atom. The molecule has 1 heterocycles. The van der Waals surface area contributed by atoms with Crippen LogP contribution in [-0.2, 0) is 19.9 Å². The van der Waals surface area contributed by atoms with Crippen LogP contribution in [0.15, 0.2) is 112 Å². The molecule has 3 atom stereocenters. The minimum Gasteiger partial charge on any atom is -0.380 e. The van der Waals surface area contributed by atoms with Crippen molar-refractivity contribution in [3.63, 3.8) is 0 Å². The van der Waals surface area contributed by atoms with Crippen LogP contribution in [0.1, 0.15) is 53.9 Å². The summed E-state index contributed by atoms with van der Waals surface area (Å²) in [7, 11) is -7.17. The van der Waals surface area contributed by atoms with Crippen molar-refractivity contribution in [2.75, 3.05) is 69.3 Å². The van der Waals surface area contributed by atoms with Crippen LogP contribution in [0.5, 0.6) is 0 Å². The Morgan fingerprint density at radius 2 is 1.55 bits per heavy atom. The lowest BCUT2D eigenvalue weighted by atomic mass is 9.75. The lowest BCUT2D eigenvalue weighted by molar-refractivity contribution is -0.0435. The molecule has 0 radical (unpaired) electrons. The van der Waals surface area contributed by atoms with Gasteiger partial charge in [0.1, 0.15) is 4.90 Å². The van der Waals surface area contributed by atoms with E-state index in [4.69, 9.17) is 11.6 Å². The molecule has 2 fully saturated rings. The molecule has 1 aliphatic carbocycles. The van der Waals surface area contributed by atoms with E-state index in [-0.39, 0.29) is 5.56 Å². The number of anilines is 2. The van der Waals surface area contributed by atoms with Crippen LogP contribution in [0, 0.1) is 5.92 Å². The molecule has 2 aliphatic rings. The van der Waals surface area contributed by atoms with E-state index in [1.807, 2.05) is 66.2 Å². The number of sulfonamides is 1. The van der Waals surface area contributed by atoms with Gasteiger partial charge in [-0.1, -0.05) is 54.8 Å². The van der Waals surface area contributed by atoms with E-state index in [0.29, 0.717) is 36.6 Å². The third-order valence-electron chi connectivity index (χ3n) is 11.1. The summed E-state index contributed by atoms with van der Waals surface area (Å²) in [6.07, 6.45) is 5.26. The Labute approximate surface area is 360 Å². The van der Waals surface area contributed by atoms with E-state index in [0.717, 1.165) is 60.5 Å². The molecule has 1 saturated heterocycles.